The lowest BCUT2D eigenvalue weighted by atomic mass is 10.0. The fraction of sp³-hybridized carbons (Fsp3) is 0.286. The van der Waals surface area contributed by atoms with Gasteiger partial charge in [-0.2, -0.15) is 0 Å². The van der Waals surface area contributed by atoms with Gasteiger partial charge in [-0.05, 0) is 34.1 Å². The van der Waals surface area contributed by atoms with Crippen LogP contribution in [-0.4, -0.2) is 23.3 Å². The molecular formula is C14H14BrNO4. The first-order valence-electron chi connectivity index (χ1n) is 6.02. The first-order chi connectivity index (χ1) is 9.45. The standard InChI is InChI=1S/C14H14BrNO4/c1-7(2)13-11(14(17)18)12(16-20-13)8-4-5-10(19-3)9(15)6-8/h4-7H,1-3H3,(H,17,18). The van der Waals surface area contributed by atoms with Crippen molar-refractivity contribution in [2.24, 2.45) is 0 Å². The van der Waals surface area contributed by atoms with Crippen LogP contribution in [0, 0.1) is 0 Å². The Hall–Kier alpha value is -1.82. The molecule has 1 N–H and O–H groups in total. The molecule has 0 amide bonds. The number of methoxy groups -OCH3 is 1. The molecule has 0 atom stereocenters. The minimum atomic E-state index is -1.04. The van der Waals surface area contributed by atoms with E-state index in [9.17, 15) is 9.90 Å². The van der Waals surface area contributed by atoms with Crippen LogP contribution in [0.1, 0.15) is 35.9 Å². The number of carboxylic acid groups (broad SMARTS) is 1. The van der Waals surface area contributed by atoms with Crippen molar-refractivity contribution in [3.63, 3.8) is 0 Å². The van der Waals surface area contributed by atoms with Crippen molar-refractivity contribution in [1.82, 2.24) is 5.16 Å². The number of aromatic carboxylic acids is 1. The molecular weight excluding hydrogens is 326 g/mol. The van der Waals surface area contributed by atoms with Gasteiger partial charge in [0, 0.05) is 11.5 Å². The number of hydrogen-bond acceptors (Lipinski definition) is 4. The average Bonchev–Trinajstić information content (AvgIpc) is 2.83. The SMILES string of the molecule is COc1ccc(-c2noc(C(C)C)c2C(=O)O)cc1Br. The zero-order valence-electron chi connectivity index (χ0n) is 11.3. The van der Waals surface area contributed by atoms with Gasteiger partial charge in [-0.3, -0.25) is 0 Å². The zero-order valence-corrected chi connectivity index (χ0v) is 12.9. The van der Waals surface area contributed by atoms with Crippen LogP contribution in [0.3, 0.4) is 0 Å². The second kappa shape index (κ2) is 5.66. The van der Waals surface area contributed by atoms with E-state index >= 15 is 0 Å². The summed E-state index contributed by atoms with van der Waals surface area (Å²) in [5.74, 6) is -0.0569. The Morgan fingerprint density at radius 1 is 1.45 bits per heavy atom. The van der Waals surface area contributed by atoms with Gasteiger partial charge in [0.05, 0.1) is 11.6 Å². The number of nitrogens with zero attached hydrogens (tertiary/aromatic N) is 1. The van der Waals surface area contributed by atoms with Crippen LogP contribution >= 0.6 is 15.9 Å². The summed E-state index contributed by atoms with van der Waals surface area (Å²) in [6.45, 7) is 3.72. The van der Waals surface area contributed by atoms with Crippen LogP contribution in [0.4, 0.5) is 0 Å². The summed E-state index contributed by atoms with van der Waals surface area (Å²) >= 11 is 3.37. The van der Waals surface area contributed by atoms with E-state index in [4.69, 9.17) is 9.26 Å². The molecule has 0 fully saturated rings. The Bertz CT molecular complexity index is 649. The smallest absolute Gasteiger partial charge is 0.341 e. The fourth-order valence-electron chi connectivity index (χ4n) is 1.91. The molecule has 2 rings (SSSR count). The van der Waals surface area contributed by atoms with Crippen LogP contribution < -0.4 is 4.74 Å². The van der Waals surface area contributed by atoms with E-state index in [0.717, 1.165) is 4.47 Å². The summed E-state index contributed by atoms with van der Waals surface area (Å²) in [6.07, 6.45) is 0. The maximum absolute atomic E-state index is 11.5. The fourth-order valence-corrected chi connectivity index (χ4v) is 2.45. The summed E-state index contributed by atoms with van der Waals surface area (Å²) in [5, 5.41) is 13.3. The summed E-state index contributed by atoms with van der Waals surface area (Å²) in [6, 6.07) is 5.25. The molecule has 1 aromatic carbocycles. The van der Waals surface area contributed by atoms with E-state index in [0.29, 0.717) is 22.8 Å². The third-order valence-electron chi connectivity index (χ3n) is 2.88. The molecule has 0 aliphatic heterocycles. The van der Waals surface area contributed by atoms with Crippen molar-refractivity contribution < 1.29 is 19.2 Å². The van der Waals surface area contributed by atoms with Crippen molar-refractivity contribution in [2.45, 2.75) is 19.8 Å². The minimum absolute atomic E-state index is 0.0518. The number of ether oxygens (including phenoxy) is 1. The van der Waals surface area contributed by atoms with Gasteiger partial charge in [0.25, 0.3) is 0 Å². The molecule has 2 aromatic rings. The number of halogens is 1. The van der Waals surface area contributed by atoms with Gasteiger partial charge >= 0.3 is 5.97 Å². The van der Waals surface area contributed by atoms with Crippen molar-refractivity contribution >= 4 is 21.9 Å². The van der Waals surface area contributed by atoms with E-state index < -0.39 is 5.97 Å². The summed E-state index contributed by atoms with van der Waals surface area (Å²) in [4.78, 5) is 11.5. The normalized spacial score (nSPS) is 10.8. The summed E-state index contributed by atoms with van der Waals surface area (Å²) in [5.41, 5.74) is 1.09. The van der Waals surface area contributed by atoms with Crippen molar-refractivity contribution in [1.29, 1.82) is 0 Å². The van der Waals surface area contributed by atoms with E-state index in [-0.39, 0.29) is 11.5 Å². The molecule has 5 nitrogen and oxygen atoms in total. The topological polar surface area (TPSA) is 72.6 Å². The average molecular weight is 340 g/mol. The van der Waals surface area contributed by atoms with Crippen LogP contribution in [0.25, 0.3) is 11.3 Å². The van der Waals surface area contributed by atoms with Gasteiger partial charge in [0.15, 0.2) is 5.76 Å². The van der Waals surface area contributed by atoms with Crippen molar-refractivity contribution in [3.05, 3.63) is 34.0 Å². The molecule has 0 spiro atoms. The van der Waals surface area contributed by atoms with Gasteiger partial charge in [0.2, 0.25) is 0 Å². The molecule has 0 aliphatic carbocycles. The quantitative estimate of drug-likeness (QED) is 0.913. The molecule has 0 aliphatic rings. The lowest BCUT2D eigenvalue weighted by Crippen LogP contribution is -2.02. The number of rotatable bonds is 4. The highest BCUT2D eigenvalue weighted by atomic mass is 79.9. The van der Waals surface area contributed by atoms with Crippen molar-refractivity contribution in [3.8, 4) is 17.0 Å². The molecule has 0 radical (unpaired) electrons. The first-order valence-corrected chi connectivity index (χ1v) is 6.81. The molecule has 20 heavy (non-hydrogen) atoms. The second-order valence-corrected chi connectivity index (χ2v) is 5.43. The minimum Gasteiger partial charge on any atom is -0.496 e. The molecule has 0 saturated heterocycles. The molecule has 6 heteroatoms. The largest absolute Gasteiger partial charge is 0.496 e. The molecule has 0 saturated carbocycles. The van der Waals surface area contributed by atoms with Crippen molar-refractivity contribution in [2.75, 3.05) is 7.11 Å². The van der Waals surface area contributed by atoms with Crippen LogP contribution in [-0.2, 0) is 0 Å². The maximum Gasteiger partial charge on any atom is 0.341 e. The van der Waals surface area contributed by atoms with Gasteiger partial charge in [-0.15, -0.1) is 0 Å². The predicted molar refractivity (Wildman–Crippen MR) is 77.2 cm³/mol. The van der Waals surface area contributed by atoms with E-state index in [1.807, 2.05) is 13.8 Å². The highest BCUT2D eigenvalue weighted by molar-refractivity contribution is 9.10. The molecule has 1 aromatic heterocycles. The molecule has 1 heterocycles. The molecule has 106 valence electrons. The maximum atomic E-state index is 11.5. The second-order valence-electron chi connectivity index (χ2n) is 4.58. The van der Waals surface area contributed by atoms with E-state index in [1.54, 1.807) is 25.3 Å². The predicted octanol–water partition coefficient (Wildman–Crippen LogP) is 3.93. The molecule has 0 unspecified atom stereocenters. The highest BCUT2D eigenvalue weighted by Crippen LogP contribution is 2.34. The number of aromatic nitrogens is 1. The van der Waals surface area contributed by atoms with Crippen LogP contribution in [0.5, 0.6) is 5.75 Å². The Morgan fingerprint density at radius 2 is 2.15 bits per heavy atom. The lowest BCUT2D eigenvalue weighted by molar-refractivity contribution is 0.0694. The zero-order chi connectivity index (χ0) is 14.9. The van der Waals surface area contributed by atoms with Gasteiger partial charge < -0.3 is 14.4 Å². The Kier molecular flexibility index (Phi) is 4.13. The van der Waals surface area contributed by atoms with Crippen LogP contribution in [0.2, 0.25) is 0 Å². The summed E-state index contributed by atoms with van der Waals surface area (Å²) < 4.78 is 11.1. The number of carboxylic acids is 1. The monoisotopic (exact) mass is 339 g/mol. The first kappa shape index (κ1) is 14.6. The number of hydrogen-bond donors (Lipinski definition) is 1. The van der Waals surface area contributed by atoms with Crippen LogP contribution in [0.15, 0.2) is 27.2 Å². The molecule has 0 bridgehead atoms. The third-order valence-corrected chi connectivity index (χ3v) is 3.50. The Morgan fingerprint density at radius 3 is 2.65 bits per heavy atom. The summed E-state index contributed by atoms with van der Waals surface area (Å²) in [7, 11) is 1.56. The third kappa shape index (κ3) is 2.56. The van der Waals surface area contributed by atoms with Gasteiger partial charge in [0.1, 0.15) is 17.0 Å². The highest BCUT2D eigenvalue weighted by Gasteiger charge is 2.25. The number of benzene rings is 1. The lowest BCUT2D eigenvalue weighted by Gasteiger charge is -2.05. The van der Waals surface area contributed by atoms with E-state index in [1.165, 1.54) is 0 Å². The van der Waals surface area contributed by atoms with Gasteiger partial charge in [-0.1, -0.05) is 19.0 Å². The Balaban J connectivity index is 2.58. The van der Waals surface area contributed by atoms with E-state index in [2.05, 4.69) is 21.1 Å². The van der Waals surface area contributed by atoms with Gasteiger partial charge in [-0.25, -0.2) is 4.79 Å². The number of carbonyl (C=O) groups is 1. The Labute approximate surface area is 124 Å².